The van der Waals surface area contributed by atoms with Gasteiger partial charge in [0.2, 0.25) is 11.8 Å². The minimum absolute atomic E-state index is 0.00958. The van der Waals surface area contributed by atoms with Gasteiger partial charge in [0.1, 0.15) is 0 Å². The summed E-state index contributed by atoms with van der Waals surface area (Å²) in [5.41, 5.74) is -1.94. The van der Waals surface area contributed by atoms with E-state index < -0.39 is 67.7 Å². The fourth-order valence-electron chi connectivity index (χ4n) is 3.54. The molecule has 0 aromatic heterocycles. The number of carbonyl (C=O) groups excluding carboxylic acids is 4. The lowest BCUT2D eigenvalue weighted by atomic mass is 9.74. The summed E-state index contributed by atoms with van der Waals surface area (Å²) in [5.74, 6) is -4.99. The van der Waals surface area contributed by atoms with Crippen LogP contribution in [0, 0.1) is 5.92 Å². The largest absolute Gasteiger partial charge is 0.552 e. The van der Waals surface area contributed by atoms with Crippen LogP contribution in [0.3, 0.4) is 0 Å². The number of halogens is 2. The molecule has 1 unspecified atom stereocenters. The van der Waals surface area contributed by atoms with Gasteiger partial charge in [-0.05, 0) is 30.5 Å². The van der Waals surface area contributed by atoms with E-state index >= 15 is 0 Å². The van der Waals surface area contributed by atoms with Gasteiger partial charge in [-0.15, -0.1) is 0 Å². The summed E-state index contributed by atoms with van der Waals surface area (Å²) >= 11 is 11.9. The average molecular weight is 544 g/mol. The molecule has 1 aliphatic heterocycles. The number of nitrogens with zero attached hydrogens (tertiary/aromatic N) is 1. The maximum Gasteiger partial charge on any atom is 0.552 e. The Morgan fingerprint density at radius 1 is 1.17 bits per heavy atom. The monoisotopic (exact) mass is 543 g/mol. The molecule has 196 valence electrons. The van der Waals surface area contributed by atoms with E-state index in [2.05, 4.69) is 10.6 Å². The second kappa shape index (κ2) is 12.4. The lowest BCUT2D eigenvalue weighted by molar-refractivity contribution is -0.155. The lowest BCUT2D eigenvalue weighted by Crippen LogP contribution is -2.52. The lowest BCUT2D eigenvalue weighted by Gasteiger charge is -2.26. The van der Waals surface area contributed by atoms with Crippen LogP contribution in [0.15, 0.2) is 18.2 Å². The highest BCUT2D eigenvalue weighted by Crippen LogP contribution is 2.33. The molecular weight excluding hydrogens is 516 g/mol. The zero-order valence-electron chi connectivity index (χ0n) is 20.3. The van der Waals surface area contributed by atoms with Crippen molar-refractivity contribution in [1.29, 1.82) is 0 Å². The molecule has 0 spiro atoms. The van der Waals surface area contributed by atoms with Crippen molar-refractivity contribution in [2.45, 2.75) is 44.7 Å². The quantitative estimate of drug-likeness (QED) is 0.355. The first kappa shape index (κ1) is 29.4. The number of carbonyl (C=O) groups is 5. The van der Waals surface area contributed by atoms with Gasteiger partial charge < -0.3 is 29.9 Å². The fourth-order valence-corrected chi connectivity index (χ4v) is 3.92. The van der Waals surface area contributed by atoms with Gasteiger partial charge in [0.25, 0.3) is 5.91 Å². The Labute approximate surface area is 218 Å². The highest BCUT2D eigenvalue weighted by Gasteiger charge is 2.57. The maximum atomic E-state index is 12.7. The van der Waals surface area contributed by atoms with Gasteiger partial charge in [-0.25, -0.2) is 0 Å². The van der Waals surface area contributed by atoms with E-state index in [1.807, 2.05) is 13.8 Å². The van der Waals surface area contributed by atoms with Crippen LogP contribution in [-0.2, 0) is 28.5 Å². The van der Waals surface area contributed by atoms with Gasteiger partial charge in [-0.3, -0.25) is 24.0 Å². The molecule has 1 heterocycles. The Morgan fingerprint density at radius 3 is 2.42 bits per heavy atom. The van der Waals surface area contributed by atoms with Gasteiger partial charge in [-0.1, -0.05) is 37.0 Å². The topological polar surface area (TPSA) is 151 Å². The van der Waals surface area contributed by atoms with Gasteiger partial charge in [0.05, 0.1) is 35.9 Å². The number of nitrogens with one attached hydrogen (secondary N) is 2. The van der Waals surface area contributed by atoms with Gasteiger partial charge in [0.15, 0.2) is 5.60 Å². The second-order valence-electron chi connectivity index (χ2n) is 9.03. The molecule has 36 heavy (non-hydrogen) atoms. The minimum Gasteiger partial charge on any atom is -0.506 e. The van der Waals surface area contributed by atoms with Crippen LogP contribution in [0.1, 0.15) is 43.5 Å². The summed E-state index contributed by atoms with van der Waals surface area (Å²) in [7, 11) is 1.58. The van der Waals surface area contributed by atoms with Crippen LogP contribution in [0.4, 0.5) is 0 Å². The van der Waals surface area contributed by atoms with Crippen LogP contribution in [0.5, 0.6) is 0 Å². The summed E-state index contributed by atoms with van der Waals surface area (Å²) in [6, 6.07) is 4.33. The molecular formula is C22H28BCl2N3O8. The minimum atomic E-state index is -2.03. The van der Waals surface area contributed by atoms with Gasteiger partial charge >= 0.3 is 19.1 Å². The van der Waals surface area contributed by atoms with Crippen LogP contribution in [0.25, 0.3) is 0 Å². The van der Waals surface area contributed by atoms with Crippen molar-refractivity contribution >= 4 is 60.0 Å². The third-order valence-electron chi connectivity index (χ3n) is 5.29. The standard InChI is InChI=1S/C22H28BCl2N3O8/c1-12(2)7-16(27-17(29)11-26-20(33)14-8-13(24)5-6-15(14)25)23-35-21(34)22(36-23,10-19(31)32)9-18(30)28(3)4/h5-6,8,12,16H,7,9-11H2,1-4H3,(H,26,33)(H,27,29)(H,31,32)/t16-,22?/m0/s1. The first-order chi connectivity index (χ1) is 16.7. The van der Waals surface area contributed by atoms with Crippen LogP contribution in [0.2, 0.25) is 10.0 Å². The molecule has 0 bridgehead atoms. The van der Waals surface area contributed by atoms with E-state index in [0.717, 1.165) is 0 Å². The molecule has 3 N–H and O–H groups in total. The van der Waals surface area contributed by atoms with E-state index in [1.165, 1.54) is 37.2 Å². The zero-order chi connectivity index (χ0) is 27.2. The third-order valence-corrected chi connectivity index (χ3v) is 5.86. The molecule has 1 aromatic carbocycles. The maximum absolute atomic E-state index is 12.7. The number of hydrogen-bond acceptors (Lipinski definition) is 7. The number of aliphatic carboxylic acids is 1. The fraction of sp³-hybridized carbons (Fsp3) is 0.500. The highest BCUT2D eigenvalue weighted by atomic mass is 35.5. The van der Waals surface area contributed by atoms with Crippen molar-refractivity contribution in [2.75, 3.05) is 20.6 Å². The molecule has 0 aliphatic carbocycles. The first-order valence-electron chi connectivity index (χ1n) is 11.1. The number of rotatable bonds is 11. The first-order valence-corrected chi connectivity index (χ1v) is 11.8. The van der Waals surface area contributed by atoms with Crippen molar-refractivity contribution in [3.63, 3.8) is 0 Å². The van der Waals surface area contributed by atoms with E-state index in [9.17, 15) is 29.1 Å². The molecule has 0 saturated carbocycles. The zero-order valence-corrected chi connectivity index (χ0v) is 21.8. The number of carboxylic acids is 1. The SMILES string of the molecule is CC(C)C[C@H](NC(=O)CNC(=O)c1cc(Cl)ccc1Cl)B1OC(=O)C(CC(=O)O)(CC(=O)N(C)C)O1. The summed E-state index contributed by atoms with van der Waals surface area (Å²) in [6.45, 7) is 3.29. The van der Waals surface area contributed by atoms with Crippen molar-refractivity contribution in [3.8, 4) is 0 Å². The molecule has 11 nitrogen and oxygen atoms in total. The van der Waals surface area contributed by atoms with Crippen LogP contribution in [-0.4, -0.2) is 79.0 Å². The molecule has 1 aromatic rings. The van der Waals surface area contributed by atoms with Crippen molar-refractivity contribution in [1.82, 2.24) is 15.5 Å². The van der Waals surface area contributed by atoms with E-state index in [1.54, 1.807) is 0 Å². The predicted molar refractivity (Wildman–Crippen MR) is 131 cm³/mol. The molecule has 2 rings (SSSR count). The Morgan fingerprint density at radius 2 is 1.83 bits per heavy atom. The van der Waals surface area contributed by atoms with Crippen LogP contribution >= 0.6 is 23.2 Å². The highest BCUT2D eigenvalue weighted by molar-refractivity contribution is 6.51. The summed E-state index contributed by atoms with van der Waals surface area (Å²) in [5, 5.41) is 14.9. The van der Waals surface area contributed by atoms with Crippen LogP contribution < -0.4 is 10.6 Å². The molecule has 1 aliphatic rings. The van der Waals surface area contributed by atoms with E-state index in [0.29, 0.717) is 11.4 Å². The predicted octanol–water partition coefficient (Wildman–Crippen LogP) is 1.55. The molecule has 2 atom stereocenters. The smallest absolute Gasteiger partial charge is 0.506 e. The third kappa shape index (κ3) is 7.84. The second-order valence-corrected chi connectivity index (χ2v) is 9.88. The van der Waals surface area contributed by atoms with Crippen molar-refractivity contribution in [2.24, 2.45) is 5.92 Å². The molecule has 1 saturated heterocycles. The average Bonchev–Trinajstić information content (AvgIpc) is 3.07. The molecule has 3 amide bonds. The Balaban J connectivity index is 2.14. The van der Waals surface area contributed by atoms with Gasteiger partial charge in [-0.2, -0.15) is 0 Å². The number of carboxylic acid groups (broad SMARTS) is 1. The number of hydrogen-bond donors (Lipinski definition) is 3. The Bertz CT molecular complexity index is 1040. The summed E-state index contributed by atoms with van der Waals surface area (Å²) < 4.78 is 11.1. The summed E-state index contributed by atoms with van der Waals surface area (Å²) in [6.07, 6.45) is -1.04. The number of amides is 3. The van der Waals surface area contributed by atoms with Crippen molar-refractivity contribution in [3.05, 3.63) is 33.8 Å². The van der Waals surface area contributed by atoms with Gasteiger partial charge in [0, 0.05) is 19.1 Å². The molecule has 14 heteroatoms. The Hall–Kier alpha value is -2.83. The van der Waals surface area contributed by atoms with Crippen molar-refractivity contribution < 1.29 is 38.4 Å². The van der Waals surface area contributed by atoms with E-state index in [4.69, 9.17) is 32.5 Å². The molecule has 1 fully saturated rings. The normalized spacial score (nSPS) is 18.0. The molecule has 0 radical (unpaired) electrons. The number of benzene rings is 1. The van der Waals surface area contributed by atoms with E-state index in [-0.39, 0.29) is 16.5 Å². The summed E-state index contributed by atoms with van der Waals surface area (Å²) in [4.78, 5) is 62.7. The Kier molecular flexibility index (Phi) is 10.1.